The van der Waals surface area contributed by atoms with Gasteiger partial charge in [-0.3, -0.25) is 4.79 Å². The van der Waals surface area contributed by atoms with E-state index in [0.717, 1.165) is 37.1 Å². The molecule has 2 aromatic rings. The predicted octanol–water partition coefficient (Wildman–Crippen LogP) is 3.37. The molecule has 1 aliphatic heterocycles. The van der Waals surface area contributed by atoms with E-state index in [2.05, 4.69) is 22.8 Å². The number of carbonyl (C=O) groups is 2. The van der Waals surface area contributed by atoms with Gasteiger partial charge in [-0.25, -0.2) is 4.79 Å². The number of ether oxygens (including phenoxy) is 1. The number of piperidine rings is 1. The van der Waals surface area contributed by atoms with E-state index in [1.165, 1.54) is 17.5 Å². The van der Waals surface area contributed by atoms with Crippen LogP contribution in [0.2, 0.25) is 0 Å². The molecule has 2 aromatic carbocycles. The molecule has 1 saturated heterocycles. The average Bonchev–Trinajstić information content (AvgIpc) is 3.21. The second-order valence-corrected chi connectivity index (χ2v) is 7.70. The standard InChI is InChI=1S/C23H27N3O3/c27-22(16-29-21-10-9-17-5-4-6-18(17)15-21)24-20-11-13-26(14-12-20)23(28)25-19-7-2-1-3-8-19/h1-3,7-10,15,20H,4-6,11-14,16H2,(H,24,27)(H,25,28). The number of carbonyl (C=O) groups excluding carboxylic acids is 2. The highest BCUT2D eigenvalue weighted by Gasteiger charge is 2.24. The van der Waals surface area contributed by atoms with Crippen molar-refractivity contribution < 1.29 is 14.3 Å². The lowest BCUT2D eigenvalue weighted by molar-refractivity contribution is -0.124. The lowest BCUT2D eigenvalue weighted by atomic mass is 10.1. The van der Waals surface area contributed by atoms with Gasteiger partial charge in [0.15, 0.2) is 6.61 Å². The second-order valence-electron chi connectivity index (χ2n) is 7.70. The molecular weight excluding hydrogens is 366 g/mol. The summed E-state index contributed by atoms with van der Waals surface area (Å²) in [6.45, 7) is 1.26. The Morgan fingerprint density at radius 3 is 2.55 bits per heavy atom. The average molecular weight is 393 g/mol. The van der Waals surface area contributed by atoms with Crippen LogP contribution in [0.4, 0.5) is 10.5 Å². The summed E-state index contributed by atoms with van der Waals surface area (Å²) in [5.74, 6) is 0.644. The molecule has 0 radical (unpaired) electrons. The molecule has 0 bridgehead atoms. The third kappa shape index (κ3) is 5.08. The van der Waals surface area contributed by atoms with Crippen LogP contribution < -0.4 is 15.4 Å². The zero-order valence-electron chi connectivity index (χ0n) is 16.5. The minimum absolute atomic E-state index is 0.0213. The summed E-state index contributed by atoms with van der Waals surface area (Å²) in [5.41, 5.74) is 3.52. The molecule has 4 rings (SSSR count). The van der Waals surface area contributed by atoms with Crippen molar-refractivity contribution >= 4 is 17.6 Å². The van der Waals surface area contributed by atoms with Crippen LogP contribution in [0.3, 0.4) is 0 Å². The Hall–Kier alpha value is -3.02. The summed E-state index contributed by atoms with van der Waals surface area (Å²) in [7, 11) is 0. The Bertz CT molecular complexity index is 861. The number of nitrogens with one attached hydrogen (secondary N) is 2. The van der Waals surface area contributed by atoms with Crippen LogP contribution in [0.15, 0.2) is 48.5 Å². The van der Waals surface area contributed by atoms with Crippen molar-refractivity contribution in [3.05, 3.63) is 59.7 Å². The van der Waals surface area contributed by atoms with Crippen LogP contribution in [-0.2, 0) is 17.6 Å². The van der Waals surface area contributed by atoms with E-state index in [1.54, 1.807) is 4.90 Å². The van der Waals surface area contributed by atoms with Crippen molar-refractivity contribution in [3.8, 4) is 5.75 Å². The molecule has 0 unspecified atom stereocenters. The van der Waals surface area contributed by atoms with E-state index >= 15 is 0 Å². The second kappa shape index (κ2) is 8.99. The maximum Gasteiger partial charge on any atom is 0.321 e. The number of hydrogen-bond donors (Lipinski definition) is 2. The molecule has 152 valence electrons. The fraction of sp³-hybridized carbons (Fsp3) is 0.391. The van der Waals surface area contributed by atoms with Gasteiger partial charge in [0.25, 0.3) is 5.91 Å². The van der Waals surface area contributed by atoms with Crippen LogP contribution in [0, 0.1) is 0 Å². The molecule has 1 aliphatic carbocycles. The molecule has 6 heteroatoms. The number of urea groups is 1. The molecule has 1 heterocycles. The van der Waals surface area contributed by atoms with Crippen molar-refractivity contribution in [2.45, 2.75) is 38.1 Å². The number of anilines is 1. The van der Waals surface area contributed by atoms with Crippen LogP contribution in [-0.4, -0.2) is 42.6 Å². The first-order valence-electron chi connectivity index (χ1n) is 10.3. The number of para-hydroxylation sites is 1. The molecule has 3 amide bonds. The van der Waals surface area contributed by atoms with Gasteiger partial charge in [0.1, 0.15) is 5.75 Å². The topological polar surface area (TPSA) is 70.7 Å². The molecule has 2 N–H and O–H groups in total. The van der Waals surface area contributed by atoms with E-state index in [-0.39, 0.29) is 24.6 Å². The SMILES string of the molecule is O=C(COc1ccc2c(c1)CCC2)NC1CCN(C(=O)Nc2ccccc2)CC1. The summed E-state index contributed by atoms with van der Waals surface area (Å²) in [6, 6.07) is 15.5. The summed E-state index contributed by atoms with van der Waals surface area (Å²) in [5, 5.41) is 5.93. The van der Waals surface area contributed by atoms with E-state index < -0.39 is 0 Å². The van der Waals surface area contributed by atoms with Gasteiger partial charge in [-0.05, 0) is 67.5 Å². The van der Waals surface area contributed by atoms with Gasteiger partial charge in [-0.15, -0.1) is 0 Å². The van der Waals surface area contributed by atoms with Gasteiger partial charge in [0.05, 0.1) is 0 Å². The Balaban J connectivity index is 1.18. The summed E-state index contributed by atoms with van der Waals surface area (Å²) < 4.78 is 5.67. The number of nitrogens with zero attached hydrogens (tertiary/aromatic N) is 1. The molecule has 0 atom stereocenters. The number of benzene rings is 2. The quantitative estimate of drug-likeness (QED) is 0.818. The first kappa shape index (κ1) is 19.3. The Morgan fingerprint density at radius 2 is 1.76 bits per heavy atom. The van der Waals surface area contributed by atoms with Gasteiger partial charge in [-0.2, -0.15) is 0 Å². The number of rotatable bonds is 5. The van der Waals surface area contributed by atoms with Gasteiger partial charge in [-0.1, -0.05) is 24.3 Å². The summed E-state index contributed by atoms with van der Waals surface area (Å²) >= 11 is 0. The highest BCUT2D eigenvalue weighted by molar-refractivity contribution is 5.89. The predicted molar refractivity (Wildman–Crippen MR) is 112 cm³/mol. The molecule has 2 aliphatic rings. The zero-order chi connectivity index (χ0) is 20.1. The maximum absolute atomic E-state index is 12.3. The van der Waals surface area contributed by atoms with E-state index in [4.69, 9.17) is 4.74 Å². The van der Waals surface area contributed by atoms with E-state index in [0.29, 0.717) is 13.1 Å². The first-order chi connectivity index (χ1) is 14.2. The Labute approximate surface area is 171 Å². The highest BCUT2D eigenvalue weighted by atomic mass is 16.5. The minimum atomic E-state index is -0.113. The van der Waals surface area contributed by atoms with Crippen LogP contribution >= 0.6 is 0 Å². The van der Waals surface area contributed by atoms with Crippen LogP contribution in [0.1, 0.15) is 30.4 Å². The van der Waals surface area contributed by atoms with Crippen LogP contribution in [0.5, 0.6) is 5.75 Å². The third-order valence-corrected chi connectivity index (χ3v) is 5.61. The monoisotopic (exact) mass is 393 g/mol. The van der Waals surface area contributed by atoms with Gasteiger partial charge in [0, 0.05) is 24.8 Å². The van der Waals surface area contributed by atoms with E-state index in [1.807, 2.05) is 36.4 Å². The summed E-state index contributed by atoms with van der Waals surface area (Å²) in [6.07, 6.45) is 4.91. The van der Waals surface area contributed by atoms with Crippen LogP contribution in [0.25, 0.3) is 0 Å². The van der Waals surface area contributed by atoms with Crippen molar-refractivity contribution in [3.63, 3.8) is 0 Å². The lowest BCUT2D eigenvalue weighted by Gasteiger charge is -2.32. The van der Waals surface area contributed by atoms with Gasteiger partial charge in [0.2, 0.25) is 0 Å². The molecule has 1 fully saturated rings. The van der Waals surface area contributed by atoms with Gasteiger partial charge < -0.3 is 20.3 Å². The maximum atomic E-state index is 12.3. The Kier molecular flexibility index (Phi) is 5.98. The summed E-state index contributed by atoms with van der Waals surface area (Å²) in [4.78, 5) is 26.4. The molecule has 0 saturated carbocycles. The van der Waals surface area contributed by atoms with Crippen molar-refractivity contribution in [2.24, 2.45) is 0 Å². The third-order valence-electron chi connectivity index (χ3n) is 5.61. The van der Waals surface area contributed by atoms with Crippen molar-refractivity contribution in [2.75, 3.05) is 25.0 Å². The van der Waals surface area contributed by atoms with Gasteiger partial charge >= 0.3 is 6.03 Å². The number of amides is 3. The molecule has 29 heavy (non-hydrogen) atoms. The zero-order valence-corrected chi connectivity index (χ0v) is 16.5. The fourth-order valence-corrected chi connectivity index (χ4v) is 4.01. The number of hydrogen-bond acceptors (Lipinski definition) is 3. The lowest BCUT2D eigenvalue weighted by Crippen LogP contribution is -2.48. The molecule has 6 nitrogen and oxygen atoms in total. The Morgan fingerprint density at radius 1 is 1.00 bits per heavy atom. The molecular formula is C23H27N3O3. The number of fused-ring (bicyclic) bond motifs is 1. The number of aryl methyl sites for hydroxylation is 2. The largest absolute Gasteiger partial charge is 0.484 e. The smallest absolute Gasteiger partial charge is 0.321 e. The molecule has 0 spiro atoms. The highest BCUT2D eigenvalue weighted by Crippen LogP contribution is 2.26. The van der Waals surface area contributed by atoms with Crippen molar-refractivity contribution in [1.82, 2.24) is 10.2 Å². The van der Waals surface area contributed by atoms with Crippen molar-refractivity contribution in [1.29, 1.82) is 0 Å². The number of likely N-dealkylation sites (tertiary alicyclic amines) is 1. The van der Waals surface area contributed by atoms with E-state index in [9.17, 15) is 9.59 Å². The molecule has 0 aromatic heterocycles. The normalized spacial score (nSPS) is 16.2. The minimum Gasteiger partial charge on any atom is -0.484 e. The first-order valence-corrected chi connectivity index (χ1v) is 10.3. The fourth-order valence-electron chi connectivity index (χ4n) is 4.01.